The quantitative estimate of drug-likeness (QED) is 0.917. The largest absolute Gasteiger partial charge is 0.468 e. The SMILES string of the molecule is c1coc(CNCc2cc3c(s2)CCSC3)c1. The summed E-state index contributed by atoms with van der Waals surface area (Å²) in [6, 6.07) is 6.29. The van der Waals surface area contributed by atoms with Gasteiger partial charge in [-0.1, -0.05) is 0 Å². The van der Waals surface area contributed by atoms with E-state index >= 15 is 0 Å². The van der Waals surface area contributed by atoms with Crippen molar-refractivity contribution in [3.8, 4) is 0 Å². The van der Waals surface area contributed by atoms with E-state index in [4.69, 9.17) is 4.42 Å². The molecule has 0 unspecified atom stereocenters. The summed E-state index contributed by atoms with van der Waals surface area (Å²) in [5.41, 5.74) is 1.56. The van der Waals surface area contributed by atoms with Crippen LogP contribution >= 0.6 is 23.1 Å². The molecule has 1 aliphatic heterocycles. The van der Waals surface area contributed by atoms with Gasteiger partial charge >= 0.3 is 0 Å². The summed E-state index contributed by atoms with van der Waals surface area (Å²) >= 11 is 4.01. The van der Waals surface area contributed by atoms with E-state index in [0.29, 0.717) is 0 Å². The molecule has 0 saturated carbocycles. The van der Waals surface area contributed by atoms with Gasteiger partial charge in [0.25, 0.3) is 0 Å². The van der Waals surface area contributed by atoms with Crippen LogP contribution in [0.5, 0.6) is 0 Å². The molecule has 4 heteroatoms. The molecule has 0 atom stereocenters. The molecule has 3 heterocycles. The molecule has 17 heavy (non-hydrogen) atoms. The van der Waals surface area contributed by atoms with Gasteiger partial charge in [-0.05, 0) is 35.9 Å². The van der Waals surface area contributed by atoms with Crippen molar-refractivity contribution < 1.29 is 4.42 Å². The topological polar surface area (TPSA) is 25.2 Å². The Kier molecular flexibility index (Phi) is 3.54. The highest BCUT2D eigenvalue weighted by Crippen LogP contribution is 2.31. The van der Waals surface area contributed by atoms with E-state index in [0.717, 1.165) is 18.8 Å². The third-order valence-electron chi connectivity index (χ3n) is 2.86. The van der Waals surface area contributed by atoms with Gasteiger partial charge in [0, 0.05) is 22.1 Å². The molecule has 0 fully saturated rings. The monoisotopic (exact) mass is 265 g/mol. The molecular formula is C13H15NOS2. The Morgan fingerprint density at radius 3 is 3.18 bits per heavy atom. The maximum Gasteiger partial charge on any atom is 0.117 e. The van der Waals surface area contributed by atoms with Crippen molar-refractivity contribution in [2.45, 2.75) is 25.3 Å². The lowest BCUT2D eigenvalue weighted by atomic mass is 10.2. The van der Waals surface area contributed by atoms with Crippen LogP contribution in [-0.4, -0.2) is 5.75 Å². The summed E-state index contributed by atoms with van der Waals surface area (Å²) < 4.78 is 5.29. The maximum absolute atomic E-state index is 5.29. The normalized spacial score (nSPS) is 14.8. The lowest BCUT2D eigenvalue weighted by Crippen LogP contribution is -2.10. The minimum atomic E-state index is 0.810. The summed E-state index contributed by atoms with van der Waals surface area (Å²) in [5.74, 6) is 3.48. The number of thiophene rings is 1. The van der Waals surface area contributed by atoms with Crippen LogP contribution in [-0.2, 0) is 25.3 Å². The van der Waals surface area contributed by atoms with E-state index in [1.165, 1.54) is 22.8 Å². The first-order valence-corrected chi connectivity index (χ1v) is 7.80. The number of fused-ring (bicyclic) bond motifs is 1. The van der Waals surface area contributed by atoms with E-state index in [9.17, 15) is 0 Å². The predicted molar refractivity (Wildman–Crippen MR) is 73.4 cm³/mol. The lowest BCUT2D eigenvalue weighted by Gasteiger charge is -2.08. The number of hydrogen-bond acceptors (Lipinski definition) is 4. The van der Waals surface area contributed by atoms with Crippen molar-refractivity contribution in [2.75, 3.05) is 5.75 Å². The highest BCUT2D eigenvalue weighted by atomic mass is 32.2. The number of thioether (sulfide) groups is 1. The Morgan fingerprint density at radius 1 is 1.35 bits per heavy atom. The van der Waals surface area contributed by atoms with Crippen molar-refractivity contribution in [1.29, 1.82) is 0 Å². The second kappa shape index (κ2) is 5.29. The minimum absolute atomic E-state index is 0.810. The first kappa shape index (κ1) is 11.4. The molecular weight excluding hydrogens is 250 g/mol. The van der Waals surface area contributed by atoms with Crippen LogP contribution in [0.25, 0.3) is 0 Å². The maximum atomic E-state index is 5.29. The molecule has 0 spiro atoms. The molecule has 0 bridgehead atoms. The van der Waals surface area contributed by atoms with Crippen molar-refractivity contribution in [1.82, 2.24) is 5.32 Å². The number of aryl methyl sites for hydroxylation is 1. The van der Waals surface area contributed by atoms with Gasteiger partial charge in [0.15, 0.2) is 0 Å². The summed E-state index contributed by atoms with van der Waals surface area (Å²) in [5, 5.41) is 3.42. The lowest BCUT2D eigenvalue weighted by molar-refractivity contribution is 0.483. The number of hydrogen-bond donors (Lipinski definition) is 1. The fraction of sp³-hybridized carbons (Fsp3) is 0.385. The first-order valence-electron chi connectivity index (χ1n) is 5.83. The fourth-order valence-corrected chi connectivity index (χ4v) is 4.37. The second-order valence-corrected chi connectivity index (χ2v) is 6.47. The summed E-state index contributed by atoms with van der Waals surface area (Å²) in [6.45, 7) is 1.76. The van der Waals surface area contributed by atoms with Gasteiger partial charge in [-0.15, -0.1) is 11.3 Å². The van der Waals surface area contributed by atoms with Crippen molar-refractivity contribution in [2.24, 2.45) is 0 Å². The Hall–Kier alpha value is -0.710. The number of furan rings is 1. The minimum Gasteiger partial charge on any atom is -0.468 e. The van der Waals surface area contributed by atoms with Crippen molar-refractivity contribution in [3.63, 3.8) is 0 Å². The van der Waals surface area contributed by atoms with E-state index in [1.54, 1.807) is 16.7 Å². The van der Waals surface area contributed by atoms with Crippen molar-refractivity contribution in [3.05, 3.63) is 45.5 Å². The predicted octanol–water partition coefficient (Wildman–Crippen LogP) is 3.42. The molecule has 2 aromatic heterocycles. The molecule has 0 saturated heterocycles. The summed E-state index contributed by atoms with van der Waals surface area (Å²) in [6.07, 6.45) is 2.97. The standard InChI is InChI=1S/C13H15NOS2/c1-2-11(15-4-1)7-14-8-12-6-10-9-16-5-3-13(10)17-12/h1-2,4,6,14H,3,5,7-9H2. The van der Waals surface area contributed by atoms with Gasteiger partial charge in [-0.2, -0.15) is 11.8 Å². The second-order valence-electron chi connectivity index (χ2n) is 4.15. The zero-order valence-corrected chi connectivity index (χ0v) is 11.2. The molecule has 90 valence electrons. The van der Waals surface area contributed by atoms with Gasteiger partial charge < -0.3 is 9.73 Å². The smallest absolute Gasteiger partial charge is 0.117 e. The van der Waals surface area contributed by atoms with E-state index in [2.05, 4.69) is 11.4 Å². The van der Waals surface area contributed by atoms with E-state index < -0.39 is 0 Å². The molecule has 1 N–H and O–H groups in total. The molecule has 0 radical (unpaired) electrons. The molecule has 0 aliphatic carbocycles. The highest BCUT2D eigenvalue weighted by Gasteiger charge is 2.13. The van der Waals surface area contributed by atoms with Crippen LogP contribution in [0.3, 0.4) is 0 Å². The molecule has 0 amide bonds. The average molecular weight is 265 g/mol. The van der Waals surface area contributed by atoms with Crippen LogP contribution in [0, 0.1) is 0 Å². The average Bonchev–Trinajstić information content (AvgIpc) is 2.96. The molecule has 0 aromatic carbocycles. The van der Waals surface area contributed by atoms with Crippen LogP contribution in [0.15, 0.2) is 28.9 Å². The van der Waals surface area contributed by atoms with Crippen LogP contribution in [0.2, 0.25) is 0 Å². The van der Waals surface area contributed by atoms with Crippen LogP contribution in [0.1, 0.15) is 21.1 Å². The summed E-state index contributed by atoms with van der Waals surface area (Å²) in [7, 11) is 0. The molecule has 3 rings (SSSR count). The Labute approximate surface area is 109 Å². The van der Waals surface area contributed by atoms with E-state index in [1.807, 2.05) is 35.2 Å². The Bertz CT molecular complexity index is 452. The van der Waals surface area contributed by atoms with Gasteiger partial charge in [0.2, 0.25) is 0 Å². The molecule has 2 nitrogen and oxygen atoms in total. The zero-order chi connectivity index (χ0) is 11.5. The molecule has 1 aliphatic rings. The van der Waals surface area contributed by atoms with Gasteiger partial charge in [-0.3, -0.25) is 0 Å². The van der Waals surface area contributed by atoms with Gasteiger partial charge in [0.05, 0.1) is 12.8 Å². The van der Waals surface area contributed by atoms with E-state index in [-0.39, 0.29) is 0 Å². The van der Waals surface area contributed by atoms with Gasteiger partial charge in [-0.25, -0.2) is 0 Å². The zero-order valence-electron chi connectivity index (χ0n) is 9.57. The summed E-state index contributed by atoms with van der Waals surface area (Å²) in [4.78, 5) is 3.04. The third kappa shape index (κ3) is 2.76. The van der Waals surface area contributed by atoms with Crippen LogP contribution < -0.4 is 5.32 Å². The number of nitrogens with one attached hydrogen (secondary N) is 1. The third-order valence-corrected chi connectivity index (χ3v) is 5.10. The fourth-order valence-electron chi connectivity index (χ4n) is 2.02. The number of rotatable bonds is 4. The van der Waals surface area contributed by atoms with Crippen molar-refractivity contribution >= 4 is 23.1 Å². The first-order chi connectivity index (χ1) is 8.42. The molecule has 2 aromatic rings. The van der Waals surface area contributed by atoms with Crippen LogP contribution in [0.4, 0.5) is 0 Å². The Morgan fingerprint density at radius 2 is 2.35 bits per heavy atom. The Balaban J connectivity index is 1.56. The highest BCUT2D eigenvalue weighted by molar-refractivity contribution is 7.98. The van der Waals surface area contributed by atoms with Gasteiger partial charge in [0.1, 0.15) is 5.76 Å².